The lowest BCUT2D eigenvalue weighted by Gasteiger charge is -2.34. The van der Waals surface area contributed by atoms with Crippen LogP contribution in [0.1, 0.15) is 17.2 Å². The molecule has 1 fully saturated rings. The highest BCUT2D eigenvalue weighted by atomic mass is 19.1. The average Bonchev–Trinajstić information content (AvgIpc) is 2.70. The number of likely N-dealkylation sites (N-methyl/N-ethyl adjacent to an activating group) is 1. The largest absolute Gasteiger partial charge is 0.370 e. The number of pyridine rings is 1. The molecule has 1 unspecified atom stereocenters. The molecule has 7 nitrogen and oxygen atoms in total. The predicted molar refractivity (Wildman–Crippen MR) is 107 cm³/mol. The summed E-state index contributed by atoms with van der Waals surface area (Å²) in [6.45, 7) is 3.42. The van der Waals surface area contributed by atoms with E-state index < -0.39 is 0 Å². The first-order valence-corrected chi connectivity index (χ1v) is 9.46. The van der Waals surface area contributed by atoms with E-state index in [0.717, 1.165) is 11.1 Å². The van der Waals surface area contributed by atoms with Gasteiger partial charge in [-0.3, -0.25) is 14.5 Å². The lowest BCUT2D eigenvalue weighted by atomic mass is 10.1. The Labute approximate surface area is 169 Å². The van der Waals surface area contributed by atoms with Crippen LogP contribution in [-0.2, 0) is 14.3 Å². The number of aromatic nitrogens is 1. The summed E-state index contributed by atoms with van der Waals surface area (Å²) in [6.07, 6.45) is 1.40. The number of carbonyl (C=O) groups excluding carboxylic acids is 2. The quantitative estimate of drug-likeness (QED) is 0.803. The average molecular weight is 400 g/mol. The zero-order valence-corrected chi connectivity index (χ0v) is 16.6. The molecule has 1 N–H and O–H groups in total. The van der Waals surface area contributed by atoms with E-state index in [0.29, 0.717) is 25.5 Å². The first kappa shape index (κ1) is 20.9. The molecule has 1 atom stereocenters. The van der Waals surface area contributed by atoms with Crippen LogP contribution < -0.4 is 5.32 Å². The van der Waals surface area contributed by atoms with Crippen LogP contribution in [0, 0.1) is 12.7 Å². The number of hydrogen-bond donors (Lipinski definition) is 1. The van der Waals surface area contributed by atoms with Crippen molar-refractivity contribution in [3.63, 3.8) is 0 Å². The van der Waals surface area contributed by atoms with Gasteiger partial charge in [-0.05, 0) is 43.3 Å². The molecule has 29 heavy (non-hydrogen) atoms. The van der Waals surface area contributed by atoms with Crippen molar-refractivity contribution < 1.29 is 18.7 Å². The van der Waals surface area contributed by atoms with Gasteiger partial charge in [-0.1, -0.05) is 18.2 Å². The van der Waals surface area contributed by atoms with Gasteiger partial charge in [0.15, 0.2) is 0 Å². The second-order valence-electron chi connectivity index (χ2n) is 7.19. The number of carbonyl (C=O) groups is 2. The minimum absolute atomic E-state index is 0.0764. The number of nitrogens with one attached hydrogen (secondary N) is 1. The summed E-state index contributed by atoms with van der Waals surface area (Å²) in [5, 5.41) is 2.72. The van der Waals surface area contributed by atoms with Crippen molar-refractivity contribution in [3.8, 4) is 0 Å². The van der Waals surface area contributed by atoms with Crippen molar-refractivity contribution in [2.24, 2.45) is 0 Å². The number of rotatable bonds is 6. The van der Waals surface area contributed by atoms with Crippen LogP contribution in [0.2, 0.25) is 0 Å². The van der Waals surface area contributed by atoms with Crippen LogP contribution in [0.3, 0.4) is 0 Å². The summed E-state index contributed by atoms with van der Waals surface area (Å²) >= 11 is 0. The molecule has 1 aliphatic heterocycles. The molecule has 0 radical (unpaired) electrons. The number of anilines is 1. The van der Waals surface area contributed by atoms with Crippen LogP contribution >= 0.6 is 0 Å². The number of nitrogens with zero attached hydrogens (tertiary/aromatic N) is 3. The van der Waals surface area contributed by atoms with Crippen molar-refractivity contribution in [1.82, 2.24) is 14.8 Å². The van der Waals surface area contributed by atoms with Gasteiger partial charge in [0, 0.05) is 12.7 Å². The molecule has 0 saturated carbocycles. The second kappa shape index (κ2) is 9.58. The van der Waals surface area contributed by atoms with E-state index in [1.807, 2.05) is 13.0 Å². The summed E-state index contributed by atoms with van der Waals surface area (Å²) in [5.41, 5.74) is 1.84. The Morgan fingerprint density at radius 1 is 1.24 bits per heavy atom. The molecule has 8 heteroatoms. The number of benzene rings is 1. The number of ether oxygens (including phenoxy) is 1. The van der Waals surface area contributed by atoms with Crippen LogP contribution in [0.5, 0.6) is 0 Å². The van der Waals surface area contributed by atoms with Gasteiger partial charge in [0.25, 0.3) is 0 Å². The first-order valence-electron chi connectivity index (χ1n) is 9.46. The number of halogens is 1. The fraction of sp³-hybridized carbons (Fsp3) is 0.381. The summed E-state index contributed by atoms with van der Waals surface area (Å²) < 4.78 is 18.8. The summed E-state index contributed by atoms with van der Waals surface area (Å²) in [7, 11) is 1.72. The third-order valence-electron chi connectivity index (χ3n) is 4.66. The minimum Gasteiger partial charge on any atom is -0.370 e. The molecule has 3 rings (SSSR count). The molecule has 1 aromatic heterocycles. The molecular formula is C21H25FN4O3. The first-order chi connectivity index (χ1) is 13.9. The zero-order chi connectivity index (χ0) is 20.8. The Morgan fingerprint density at radius 2 is 2.00 bits per heavy atom. The molecule has 0 spiro atoms. The van der Waals surface area contributed by atoms with E-state index in [9.17, 15) is 14.0 Å². The van der Waals surface area contributed by atoms with Gasteiger partial charge in [-0.15, -0.1) is 0 Å². The van der Waals surface area contributed by atoms with Crippen molar-refractivity contribution in [2.45, 2.75) is 13.0 Å². The van der Waals surface area contributed by atoms with E-state index in [1.54, 1.807) is 41.2 Å². The van der Waals surface area contributed by atoms with Crippen LogP contribution in [-0.4, -0.2) is 66.4 Å². The lowest BCUT2D eigenvalue weighted by Crippen LogP contribution is -2.47. The summed E-state index contributed by atoms with van der Waals surface area (Å²) in [4.78, 5) is 32.3. The molecular weight excluding hydrogens is 375 g/mol. The molecule has 2 amide bonds. The van der Waals surface area contributed by atoms with Crippen molar-refractivity contribution >= 4 is 17.6 Å². The van der Waals surface area contributed by atoms with Crippen molar-refractivity contribution in [2.75, 3.05) is 45.2 Å². The van der Waals surface area contributed by atoms with Crippen LogP contribution in [0.15, 0.2) is 42.6 Å². The Bertz CT molecular complexity index is 842. The number of aryl methyl sites for hydroxylation is 1. The monoisotopic (exact) mass is 400 g/mol. The van der Waals surface area contributed by atoms with Gasteiger partial charge in [0.05, 0.1) is 26.2 Å². The van der Waals surface area contributed by atoms with Crippen LogP contribution in [0.4, 0.5) is 10.2 Å². The maximum atomic E-state index is 13.1. The van der Waals surface area contributed by atoms with E-state index in [1.165, 1.54) is 12.1 Å². The fourth-order valence-electron chi connectivity index (χ4n) is 3.11. The molecule has 0 bridgehead atoms. The molecule has 2 heterocycles. The maximum absolute atomic E-state index is 13.1. The van der Waals surface area contributed by atoms with Gasteiger partial charge >= 0.3 is 0 Å². The van der Waals surface area contributed by atoms with E-state index in [2.05, 4.69) is 10.3 Å². The van der Waals surface area contributed by atoms with E-state index in [-0.39, 0.29) is 36.8 Å². The number of amides is 2. The predicted octanol–water partition coefficient (Wildman–Crippen LogP) is 2.00. The molecule has 1 aliphatic rings. The SMILES string of the molecule is Cc1ccc(NC(=O)CN(C)CC(=O)N2CCOC(c3ccc(F)cc3)C2)nc1. The standard InChI is InChI=1S/C21H25FN4O3/c1-15-3-8-19(23-11-15)24-20(27)13-25(2)14-21(28)26-9-10-29-18(12-26)16-4-6-17(22)7-5-16/h3-8,11,18H,9-10,12-14H2,1-2H3,(H,23,24,27). The summed E-state index contributed by atoms with van der Waals surface area (Å²) in [6, 6.07) is 9.71. The van der Waals surface area contributed by atoms with Gasteiger partial charge in [0.2, 0.25) is 11.8 Å². The zero-order valence-electron chi connectivity index (χ0n) is 16.6. The second-order valence-corrected chi connectivity index (χ2v) is 7.19. The summed E-state index contributed by atoms with van der Waals surface area (Å²) in [5.74, 6) is -0.138. The lowest BCUT2D eigenvalue weighted by molar-refractivity contribution is -0.140. The van der Waals surface area contributed by atoms with E-state index >= 15 is 0 Å². The molecule has 154 valence electrons. The van der Waals surface area contributed by atoms with Gasteiger partial charge in [-0.2, -0.15) is 0 Å². The van der Waals surface area contributed by atoms with Gasteiger partial charge in [0.1, 0.15) is 17.7 Å². The molecule has 1 saturated heterocycles. The normalized spacial score (nSPS) is 16.7. The highest BCUT2D eigenvalue weighted by Gasteiger charge is 2.26. The van der Waals surface area contributed by atoms with Crippen LogP contribution in [0.25, 0.3) is 0 Å². The number of morpholine rings is 1. The third-order valence-corrected chi connectivity index (χ3v) is 4.66. The minimum atomic E-state index is -0.307. The van der Waals surface area contributed by atoms with Gasteiger partial charge < -0.3 is 15.0 Å². The molecule has 1 aromatic carbocycles. The van der Waals surface area contributed by atoms with E-state index in [4.69, 9.17) is 4.74 Å². The van der Waals surface area contributed by atoms with Crippen molar-refractivity contribution in [3.05, 3.63) is 59.5 Å². The fourth-order valence-corrected chi connectivity index (χ4v) is 3.11. The highest BCUT2D eigenvalue weighted by Crippen LogP contribution is 2.22. The number of hydrogen-bond acceptors (Lipinski definition) is 5. The Morgan fingerprint density at radius 3 is 2.69 bits per heavy atom. The smallest absolute Gasteiger partial charge is 0.239 e. The Balaban J connectivity index is 1.48. The molecule has 2 aromatic rings. The van der Waals surface area contributed by atoms with Gasteiger partial charge in [-0.25, -0.2) is 9.37 Å². The topological polar surface area (TPSA) is 74.8 Å². The Kier molecular flexibility index (Phi) is 6.90. The maximum Gasteiger partial charge on any atom is 0.239 e. The highest BCUT2D eigenvalue weighted by molar-refractivity contribution is 5.91. The van der Waals surface area contributed by atoms with Crippen molar-refractivity contribution in [1.29, 1.82) is 0 Å². The molecule has 0 aliphatic carbocycles. The third kappa shape index (κ3) is 6.07. The Hall–Kier alpha value is -2.84.